The Bertz CT molecular complexity index is 929. The van der Waals surface area contributed by atoms with Crippen LogP contribution in [-0.4, -0.2) is 53.9 Å². The normalized spacial score (nSPS) is 19.5. The summed E-state index contributed by atoms with van der Waals surface area (Å²) in [5, 5.41) is 7.23. The molecule has 2 aromatic rings. The Kier molecular flexibility index (Phi) is 7.62. The number of aromatic nitrogens is 1. The van der Waals surface area contributed by atoms with Gasteiger partial charge in [0.1, 0.15) is 6.04 Å². The molecule has 168 valence electrons. The van der Waals surface area contributed by atoms with Crippen LogP contribution in [0.5, 0.6) is 0 Å². The maximum atomic E-state index is 13.2. The highest BCUT2D eigenvalue weighted by Crippen LogP contribution is 2.21. The number of nitrogens with two attached hydrogens (primary N) is 1. The van der Waals surface area contributed by atoms with E-state index in [4.69, 9.17) is 5.73 Å². The van der Waals surface area contributed by atoms with Gasteiger partial charge in [0, 0.05) is 12.4 Å². The highest BCUT2D eigenvalue weighted by Gasteiger charge is 2.35. The van der Waals surface area contributed by atoms with Crippen molar-refractivity contribution in [3.63, 3.8) is 0 Å². The number of nitrogens with zero attached hydrogens (tertiary/aromatic N) is 2. The molecule has 0 unspecified atom stereocenters. The standard InChI is InChI=1S/C24H35N5O2/c1-5-16-6-7-20-18(9-16)11-19(14-27-20)28-23(30)22(8-15(2)3)29(4)24(31)21-10-17(12-25)13-26-21/h6-7,9,11,14-15,17,21-22,26H,5,8,10,12-13,25H2,1-4H3,(H,28,30)/t17-,21+,22-/m1/s1. The van der Waals surface area contributed by atoms with Crippen LogP contribution < -0.4 is 16.4 Å². The van der Waals surface area contributed by atoms with Crippen LogP contribution in [0.15, 0.2) is 30.5 Å². The second kappa shape index (κ2) is 10.2. The maximum Gasteiger partial charge on any atom is 0.247 e. The van der Waals surface area contributed by atoms with Gasteiger partial charge in [0.2, 0.25) is 11.8 Å². The van der Waals surface area contributed by atoms with Gasteiger partial charge < -0.3 is 21.3 Å². The van der Waals surface area contributed by atoms with Crippen LogP contribution >= 0.6 is 0 Å². The summed E-state index contributed by atoms with van der Waals surface area (Å²) in [5.74, 6) is 0.323. The molecule has 4 N–H and O–H groups in total. The number of hydrogen-bond acceptors (Lipinski definition) is 5. The number of hydrogen-bond donors (Lipinski definition) is 3. The molecule has 1 saturated heterocycles. The quantitative estimate of drug-likeness (QED) is 0.603. The van der Waals surface area contributed by atoms with Gasteiger partial charge in [-0.2, -0.15) is 0 Å². The minimum absolute atomic E-state index is 0.0547. The molecular formula is C24H35N5O2. The third kappa shape index (κ3) is 5.60. The van der Waals surface area contributed by atoms with Crippen molar-refractivity contribution in [2.24, 2.45) is 17.6 Å². The van der Waals surface area contributed by atoms with E-state index in [0.717, 1.165) is 23.9 Å². The number of rotatable bonds is 8. The molecule has 1 aliphatic rings. The summed E-state index contributed by atoms with van der Waals surface area (Å²) in [6.07, 6.45) is 3.91. The highest BCUT2D eigenvalue weighted by molar-refractivity contribution is 5.99. The molecule has 1 aliphatic heterocycles. The fraction of sp³-hybridized carbons (Fsp3) is 0.542. The number of nitrogens with one attached hydrogen (secondary N) is 2. The van der Waals surface area contributed by atoms with E-state index in [1.54, 1.807) is 18.1 Å². The van der Waals surface area contributed by atoms with Gasteiger partial charge in [0.05, 0.1) is 23.4 Å². The van der Waals surface area contributed by atoms with E-state index in [9.17, 15) is 9.59 Å². The van der Waals surface area contributed by atoms with Crippen molar-refractivity contribution < 1.29 is 9.59 Å². The lowest BCUT2D eigenvalue weighted by atomic mass is 10.00. The molecule has 3 rings (SSSR count). The third-order valence-corrected chi connectivity index (χ3v) is 6.09. The molecular weight excluding hydrogens is 390 g/mol. The van der Waals surface area contributed by atoms with Gasteiger partial charge in [0.25, 0.3) is 0 Å². The first-order valence-corrected chi connectivity index (χ1v) is 11.2. The lowest BCUT2D eigenvalue weighted by Gasteiger charge is -2.30. The smallest absolute Gasteiger partial charge is 0.247 e. The number of pyridine rings is 1. The van der Waals surface area contributed by atoms with Crippen molar-refractivity contribution in [1.82, 2.24) is 15.2 Å². The maximum absolute atomic E-state index is 13.2. The molecule has 2 heterocycles. The molecule has 0 spiro atoms. The average molecular weight is 426 g/mol. The Morgan fingerprint density at radius 2 is 2.10 bits per heavy atom. The molecule has 31 heavy (non-hydrogen) atoms. The Balaban J connectivity index is 1.76. The molecule has 1 aromatic carbocycles. The van der Waals surface area contributed by atoms with Crippen LogP contribution in [0.2, 0.25) is 0 Å². The average Bonchev–Trinajstić information content (AvgIpc) is 3.25. The minimum atomic E-state index is -0.552. The van der Waals surface area contributed by atoms with Crippen molar-refractivity contribution in [2.75, 3.05) is 25.5 Å². The van der Waals surface area contributed by atoms with Gasteiger partial charge in [-0.1, -0.05) is 26.8 Å². The number of benzene rings is 1. The molecule has 2 amide bonds. The first-order valence-electron chi connectivity index (χ1n) is 11.2. The number of carbonyl (C=O) groups is 2. The van der Waals surface area contributed by atoms with Gasteiger partial charge in [-0.25, -0.2) is 0 Å². The van der Waals surface area contributed by atoms with E-state index in [0.29, 0.717) is 31.0 Å². The SMILES string of the molecule is CCc1ccc2ncc(NC(=O)[C@@H](CC(C)C)N(C)C(=O)[C@@H]3C[C@H](CN)CN3)cc2c1. The molecule has 1 aromatic heterocycles. The molecule has 7 heteroatoms. The topological polar surface area (TPSA) is 100 Å². The lowest BCUT2D eigenvalue weighted by molar-refractivity contribution is -0.139. The van der Waals surface area contributed by atoms with Crippen molar-refractivity contribution in [1.29, 1.82) is 0 Å². The molecule has 0 bridgehead atoms. The van der Waals surface area contributed by atoms with Crippen LogP contribution in [0.1, 0.15) is 39.2 Å². The fourth-order valence-corrected chi connectivity index (χ4v) is 4.16. The predicted molar refractivity (Wildman–Crippen MR) is 125 cm³/mol. The molecule has 0 aliphatic carbocycles. The van der Waals surface area contributed by atoms with E-state index in [1.165, 1.54) is 5.56 Å². The van der Waals surface area contributed by atoms with E-state index < -0.39 is 6.04 Å². The van der Waals surface area contributed by atoms with Crippen LogP contribution in [-0.2, 0) is 16.0 Å². The molecule has 1 fully saturated rings. The van der Waals surface area contributed by atoms with Crippen LogP contribution in [0.3, 0.4) is 0 Å². The number of fused-ring (bicyclic) bond motifs is 1. The first kappa shape index (κ1) is 23.2. The second-order valence-corrected chi connectivity index (χ2v) is 8.99. The minimum Gasteiger partial charge on any atom is -0.332 e. The summed E-state index contributed by atoms with van der Waals surface area (Å²) in [6, 6.07) is 7.27. The van der Waals surface area contributed by atoms with Gasteiger partial charge in [-0.05, 0) is 68.0 Å². The lowest BCUT2D eigenvalue weighted by Crippen LogP contribution is -2.51. The van der Waals surface area contributed by atoms with E-state index in [-0.39, 0.29) is 23.8 Å². The number of aryl methyl sites for hydroxylation is 1. The monoisotopic (exact) mass is 425 g/mol. The van der Waals surface area contributed by atoms with Gasteiger partial charge in [-0.15, -0.1) is 0 Å². The van der Waals surface area contributed by atoms with Crippen molar-refractivity contribution in [3.05, 3.63) is 36.0 Å². The van der Waals surface area contributed by atoms with Crippen LogP contribution in [0.25, 0.3) is 10.9 Å². The summed E-state index contributed by atoms with van der Waals surface area (Å²) in [7, 11) is 1.72. The highest BCUT2D eigenvalue weighted by atomic mass is 16.2. The van der Waals surface area contributed by atoms with Crippen LogP contribution in [0.4, 0.5) is 5.69 Å². The molecule has 0 radical (unpaired) electrons. The predicted octanol–water partition coefficient (Wildman–Crippen LogP) is 2.55. The number of carbonyl (C=O) groups excluding carboxylic acids is 2. The van der Waals surface area contributed by atoms with Gasteiger partial charge >= 0.3 is 0 Å². The van der Waals surface area contributed by atoms with Gasteiger partial charge in [-0.3, -0.25) is 14.6 Å². The molecule has 0 saturated carbocycles. The summed E-state index contributed by atoms with van der Waals surface area (Å²) >= 11 is 0. The second-order valence-electron chi connectivity index (χ2n) is 8.99. The third-order valence-electron chi connectivity index (χ3n) is 6.09. The van der Waals surface area contributed by atoms with Crippen molar-refractivity contribution >= 4 is 28.4 Å². The zero-order valence-corrected chi connectivity index (χ0v) is 19.0. The van der Waals surface area contributed by atoms with E-state index >= 15 is 0 Å². The Morgan fingerprint density at radius 3 is 2.74 bits per heavy atom. The number of anilines is 1. The number of likely N-dealkylation sites (N-methyl/N-ethyl adjacent to an activating group) is 1. The zero-order valence-electron chi connectivity index (χ0n) is 19.0. The summed E-state index contributed by atoms with van der Waals surface area (Å²) in [5.41, 5.74) is 8.51. The molecule has 7 nitrogen and oxygen atoms in total. The zero-order chi connectivity index (χ0) is 22.5. The Morgan fingerprint density at radius 1 is 1.32 bits per heavy atom. The van der Waals surface area contributed by atoms with Crippen molar-refractivity contribution in [2.45, 2.75) is 52.1 Å². The summed E-state index contributed by atoms with van der Waals surface area (Å²) < 4.78 is 0. The number of amides is 2. The largest absolute Gasteiger partial charge is 0.332 e. The first-order chi connectivity index (χ1) is 14.8. The Hall–Kier alpha value is -2.51. The summed E-state index contributed by atoms with van der Waals surface area (Å²) in [4.78, 5) is 32.3. The summed E-state index contributed by atoms with van der Waals surface area (Å²) in [6.45, 7) is 7.52. The fourth-order valence-electron chi connectivity index (χ4n) is 4.16. The van der Waals surface area contributed by atoms with Crippen LogP contribution in [0, 0.1) is 11.8 Å². The molecule has 3 atom stereocenters. The van der Waals surface area contributed by atoms with E-state index in [1.807, 2.05) is 12.1 Å². The Labute approximate surface area is 184 Å². The van der Waals surface area contributed by atoms with E-state index in [2.05, 4.69) is 48.5 Å². The van der Waals surface area contributed by atoms with Gasteiger partial charge in [0.15, 0.2) is 0 Å². The van der Waals surface area contributed by atoms with Crippen molar-refractivity contribution in [3.8, 4) is 0 Å².